The van der Waals surface area contributed by atoms with Crippen LogP contribution in [0.4, 0.5) is 0 Å². The summed E-state index contributed by atoms with van der Waals surface area (Å²) in [7, 11) is 0. The molecule has 2 heteroatoms. The van der Waals surface area contributed by atoms with Gasteiger partial charge < -0.3 is 0 Å². The van der Waals surface area contributed by atoms with Crippen LogP contribution < -0.4 is 11.3 Å². The Labute approximate surface area is 112 Å². The molecule has 0 aliphatic heterocycles. The van der Waals surface area contributed by atoms with E-state index in [4.69, 9.17) is 5.84 Å². The molecule has 1 aromatic carbocycles. The summed E-state index contributed by atoms with van der Waals surface area (Å²) >= 11 is 0. The summed E-state index contributed by atoms with van der Waals surface area (Å²) in [5.74, 6) is 5.76. The molecule has 18 heavy (non-hydrogen) atoms. The van der Waals surface area contributed by atoms with E-state index in [1.54, 1.807) is 0 Å². The highest BCUT2D eigenvalue weighted by Gasteiger charge is 2.18. The van der Waals surface area contributed by atoms with Crippen molar-refractivity contribution < 1.29 is 0 Å². The number of hydrazine groups is 1. The number of hydrogen-bond acceptors (Lipinski definition) is 2. The summed E-state index contributed by atoms with van der Waals surface area (Å²) < 4.78 is 0. The first-order valence-electron chi connectivity index (χ1n) is 6.78. The van der Waals surface area contributed by atoms with E-state index in [0.29, 0.717) is 5.41 Å². The number of nitrogens with two attached hydrogens (primary N) is 1. The molecule has 0 fully saturated rings. The van der Waals surface area contributed by atoms with Crippen LogP contribution in [0, 0.1) is 26.2 Å². The van der Waals surface area contributed by atoms with Crippen molar-refractivity contribution in [3.8, 4) is 0 Å². The molecule has 0 bridgehead atoms. The summed E-state index contributed by atoms with van der Waals surface area (Å²) in [6.45, 7) is 13.3. The second kappa shape index (κ2) is 5.85. The molecular formula is C16H28N2. The zero-order chi connectivity index (χ0) is 13.9. The van der Waals surface area contributed by atoms with Crippen molar-refractivity contribution in [3.63, 3.8) is 0 Å². The molecule has 0 heterocycles. The standard InChI is InChI=1S/C16H28N2/c1-11-9-12(2)15(13(3)10-11)14(18-17)7-8-16(4,5)6/h9-10,14,18H,7-8,17H2,1-6H3. The molecule has 102 valence electrons. The van der Waals surface area contributed by atoms with Gasteiger partial charge in [-0.2, -0.15) is 0 Å². The predicted octanol–water partition coefficient (Wildman–Crippen LogP) is 3.94. The lowest BCUT2D eigenvalue weighted by Crippen LogP contribution is -2.30. The van der Waals surface area contributed by atoms with Gasteiger partial charge >= 0.3 is 0 Å². The van der Waals surface area contributed by atoms with Crippen molar-refractivity contribution in [1.29, 1.82) is 0 Å². The Kier molecular flexibility index (Phi) is 4.94. The Morgan fingerprint density at radius 2 is 1.61 bits per heavy atom. The van der Waals surface area contributed by atoms with E-state index in [1.165, 1.54) is 22.3 Å². The fraction of sp³-hybridized carbons (Fsp3) is 0.625. The number of rotatable bonds is 4. The van der Waals surface area contributed by atoms with E-state index in [9.17, 15) is 0 Å². The van der Waals surface area contributed by atoms with Gasteiger partial charge in [0, 0.05) is 6.04 Å². The van der Waals surface area contributed by atoms with Gasteiger partial charge in [0.25, 0.3) is 0 Å². The van der Waals surface area contributed by atoms with Crippen LogP contribution >= 0.6 is 0 Å². The van der Waals surface area contributed by atoms with E-state index in [-0.39, 0.29) is 6.04 Å². The maximum Gasteiger partial charge on any atom is 0.0465 e. The second-order valence-electron chi connectivity index (χ2n) is 6.63. The molecule has 0 aliphatic carbocycles. The van der Waals surface area contributed by atoms with Gasteiger partial charge in [0.05, 0.1) is 0 Å². The van der Waals surface area contributed by atoms with E-state index >= 15 is 0 Å². The number of benzene rings is 1. The summed E-state index contributed by atoms with van der Waals surface area (Å²) in [5, 5.41) is 0. The molecule has 1 aromatic rings. The molecule has 3 N–H and O–H groups in total. The third-order valence-electron chi connectivity index (χ3n) is 3.47. The lowest BCUT2D eigenvalue weighted by molar-refractivity contribution is 0.332. The fourth-order valence-electron chi connectivity index (χ4n) is 2.63. The highest BCUT2D eigenvalue weighted by molar-refractivity contribution is 5.39. The Balaban J connectivity index is 2.95. The van der Waals surface area contributed by atoms with Gasteiger partial charge in [-0.1, -0.05) is 38.5 Å². The zero-order valence-corrected chi connectivity index (χ0v) is 12.7. The highest BCUT2D eigenvalue weighted by Crippen LogP contribution is 2.30. The average molecular weight is 248 g/mol. The van der Waals surface area contributed by atoms with Gasteiger partial charge in [0.1, 0.15) is 0 Å². The van der Waals surface area contributed by atoms with Gasteiger partial charge in [-0.15, -0.1) is 0 Å². The van der Waals surface area contributed by atoms with Crippen molar-refractivity contribution in [3.05, 3.63) is 34.4 Å². The molecule has 0 radical (unpaired) electrons. The highest BCUT2D eigenvalue weighted by atomic mass is 15.2. The SMILES string of the molecule is Cc1cc(C)c(C(CCC(C)(C)C)NN)c(C)c1. The Hall–Kier alpha value is -0.860. The third-order valence-corrected chi connectivity index (χ3v) is 3.47. The van der Waals surface area contributed by atoms with Gasteiger partial charge in [0.2, 0.25) is 0 Å². The maximum absolute atomic E-state index is 5.76. The summed E-state index contributed by atoms with van der Waals surface area (Å²) in [5.41, 5.74) is 8.70. The van der Waals surface area contributed by atoms with E-state index in [2.05, 4.69) is 59.1 Å². The van der Waals surface area contributed by atoms with Crippen molar-refractivity contribution in [2.24, 2.45) is 11.3 Å². The number of hydrogen-bond donors (Lipinski definition) is 2. The minimum absolute atomic E-state index is 0.254. The Morgan fingerprint density at radius 1 is 1.11 bits per heavy atom. The first-order valence-corrected chi connectivity index (χ1v) is 6.78. The Morgan fingerprint density at radius 3 is 2.00 bits per heavy atom. The quantitative estimate of drug-likeness (QED) is 0.625. The van der Waals surface area contributed by atoms with Gasteiger partial charge in [-0.25, -0.2) is 0 Å². The van der Waals surface area contributed by atoms with E-state index < -0.39 is 0 Å². The van der Waals surface area contributed by atoms with Crippen molar-refractivity contribution in [2.45, 2.75) is 60.4 Å². The molecule has 0 aliphatic rings. The maximum atomic E-state index is 5.76. The van der Waals surface area contributed by atoms with E-state index in [0.717, 1.165) is 12.8 Å². The molecular weight excluding hydrogens is 220 g/mol. The smallest absolute Gasteiger partial charge is 0.0465 e. The first-order chi connectivity index (χ1) is 8.24. The van der Waals surface area contributed by atoms with Crippen molar-refractivity contribution >= 4 is 0 Å². The largest absolute Gasteiger partial charge is 0.271 e. The topological polar surface area (TPSA) is 38.0 Å². The molecule has 0 saturated carbocycles. The number of nitrogens with one attached hydrogen (secondary N) is 1. The van der Waals surface area contributed by atoms with Crippen LogP contribution in [-0.2, 0) is 0 Å². The normalized spacial score (nSPS) is 13.7. The predicted molar refractivity (Wildman–Crippen MR) is 79.4 cm³/mol. The molecule has 2 nitrogen and oxygen atoms in total. The second-order valence-corrected chi connectivity index (χ2v) is 6.63. The summed E-state index contributed by atoms with van der Waals surface area (Å²) in [6.07, 6.45) is 2.24. The fourth-order valence-corrected chi connectivity index (χ4v) is 2.63. The minimum Gasteiger partial charge on any atom is -0.271 e. The van der Waals surface area contributed by atoms with Gasteiger partial charge in [-0.3, -0.25) is 11.3 Å². The molecule has 0 spiro atoms. The lowest BCUT2D eigenvalue weighted by Gasteiger charge is -2.25. The van der Waals surface area contributed by atoms with E-state index in [1.807, 2.05) is 0 Å². The molecule has 0 saturated heterocycles. The zero-order valence-electron chi connectivity index (χ0n) is 12.7. The number of aryl methyl sites for hydroxylation is 3. The van der Waals surface area contributed by atoms with Crippen molar-refractivity contribution in [1.82, 2.24) is 5.43 Å². The molecule has 0 aromatic heterocycles. The molecule has 1 unspecified atom stereocenters. The minimum atomic E-state index is 0.254. The van der Waals surface area contributed by atoms with Crippen LogP contribution in [-0.4, -0.2) is 0 Å². The van der Waals surface area contributed by atoms with Crippen LogP contribution in [0.1, 0.15) is 61.9 Å². The molecule has 0 amide bonds. The molecule has 1 rings (SSSR count). The third kappa shape index (κ3) is 4.11. The van der Waals surface area contributed by atoms with Gasteiger partial charge in [-0.05, 0) is 55.7 Å². The van der Waals surface area contributed by atoms with Crippen LogP contribution in [0.25, 0.3) is 0 Å². The van der Waals surface area contributed by atoms with Crippen LogP contribution in [0.3, 0.4) is 0 Å². The Bertz CT molecular complexity index is 379. The van der Waals surface area contributed by atoms with Crippen LogP contribution in [0.2, 0.25) is 0 Å². The van der Waals surface area contributed by atoms with Gasteiger partial charge in [0.15, 0.2) is 0 Å². The summed E-state index contributed by atoms with van der Waals surface area (Å²) in [4.78, 5) is 0. The van der Waals surface area contributed by atoms with Crippen LogP contribution in [0.5, 0.6) is 0 Å². The van der Waals surface area contributed by atoms with Crippen molar-refractivity contribution in [2.75, 3.05) is 0 Å². The monoisotopic (exact) mass is 248 g/mol. The first kappa shape index (κ1) is 15.2. The average Bonchev–Trinajstić information content (AvgIpc) is 2.20. The lowest BCUT2D eigenvalue weighted by atomic mass is 9.85. The van der Waals surface area contributed by atoms with Crippen LogP contribution in [0.15, 0.2) is 12.1 Å². The summed E-state index contributed by atoms with van der Waals surface area (Å²) in [6, 6.07) is 4.73. The molecule has 1 atom stereocenters.